The average molecular weight is 231 g/mol. The minimum absolute atomic E-state index is 0.592. The summed E-state index contributed by atoms with van der Waals surface area (Å²) in [5.74, 6) is -0.826. The number of nitrogens with zero attached hydrogens (tertiary/aromatic N) is 1. The summed E-state index contributed by atoms with van der Waals surface area (Å²) in [6.45, 7) is 0. The number of carbonyl (C=O) groups is 1. The molecule has 3 heterocycles. The number of hydrogen-bond donors (Lipinski definition) is 1. The van der Waals surface area contributed by atoms with Crippen LogP contribution >= 0.6 is 11.8 Å². The molecule has 16 heavy (non-hydrogen) atoms. The number of carboxylic acids is 1. The first kappa shape index (κ1) is 9.54. The monoisotopic (exact) mass is 231 g/mol. The molecule has 0 aromatic rings. The van der Waals surface area contributed by atoms with Gasteiger partial charge in [0.1, 0.15) is 6.04 Å². The van der Waals surface area contributed by atoms with E-state index in [0.717, 1.165) is 16.2 Å². The van der Waals surface area contributed by atoms with Crippen LogP contribution in [0.3, 0.4) is 0 Å². The number of rotatable bonds is 1. The van der Waals surface area contributed by atoms with Gasteiger partial charge in [0.2, 0.25) is 0 Å². The van der Waals surface area contributed by atoms with Gasteiger partial charge in [-0.3, -0.25) is 0 Å². The number of aliphatic carboxylic acids is 1. The normalized spacial score (nSPS) is 25.6. The molecule has 3 nitrogen and oxygen atoms in total. The maximum Gasteiger partial charge on any atom is 0.330 e. The summed E-state index contributed by atoms with van der Waals surface area (Å²) in [6.07, 6.45) is 11.3. The largest absolute Gasteiger partial charge is 0.479 e. The summed E-state index contributed by atoms with van der Waals surface area (Å²) in [4.78, 5) is 14.1. The number of thioether (sulfide) groups is 1. The molecule has 80 valence electrons. The van der Waals surface area contributed by atoms with Crippen LogP contribution in [0.2, 0.25) is 0 Å². The highest BCUT2D eigenvalue weighted by molar-refractivity contribution is 8.06. The first-order chi connectivity index (χ1) is 7.77. The van der Waals surface area contributed by atoms with Crippen LogP contribution in [0.15, 0.2) is 58.2 Å². The van der Waals surface area contributed by atoms with Crippen molar-refractivity contribution < 1.29 is 9.90 Å². The van der Waals surface area contributed by atoms with Gasteiger partial charge in [0.25, 0.3) is 0 Å². The van der Waals surface area contributed by atoms with Gasteiger partial charge in [-0.2, -0.15) is 0 Å². The fourth-order valence-corrected chi connectivity index (χ4v) is 2.86. The average Bonchev–Trinajstić information content (AvgIpc) is 2.30. The lowest BCUT2D eigenvalue weighted by Gasteiger charge is -2.35. The van der Waals surface area contributed by atoms with Crippen LogP contribution in [-0.4, -0.2) is 22.0 Å². The van der Waals surface area contributed by atoms with Crippen molar-refractivity contribution >= 4 is 17.7 Å². The minimum Gasteiger partial charge on any atom is -0.479 e. The van der Waals surface area contributed by atoms with E-state index >= 15 is 0 Å². The molecule has 1 N–H and O–H groups in total. The van der Waals surface area contributed by atoms with Crippen molar-refractivity contribution in [1.82, 2.24) is 4.90 Å². The van der Waals surface area contributed by atoms with Crippen LogP contribution in [-0.2, 0) is 4.79 Å². The lowest BCUT2D eigenvalue weighted by Crippen LogP contribution is -2.39. The van der Waals surface area contributed by atoms with Gasteiger partial charge in [0.15, 0.2) is 0 Å². The molecule has 4 heteroatoms. The van der Waals surface area contributed by atoms with E-state index in [-0.39, 0.29) is 0 Å². The van der Waals surface area contributed by atoms with Gasteiger partial charge in [0, 0.05) is 11.1 Å². The Labute approximate surface area is 97.1 Å². The van der Waals surface area contributed by atoms with Gasteiger partial charge in [-0.05, 0) is 35.3 Å². The molecule has 0 aromatic carbocycles. The maximum absolute atomic E-state index is 11.1. The van der Waals surface area contributed by atoms with Crippen LogP contribution in [0.5, 0.6) is 0 Å². The van der Waals surface area contributed by atoms with Gasteiger partial charge < -0.3 is 10.0 Å². The molecule has 0 spiro atoms. The molecule has 1 unspecified atom stereocenters. The van der Waals surface area contributed by atoms with E-state index in [1.54, 1.807) is 17.8 Å². The van der Waals surface area contributed by atoms with Crippen molar-refractivity contribution in [1.29, 1.82) is 0 Å². The molecule has 3 rings (SSSR count). The van der Waals surface area contributed by atoms with Gasteiger partial charge in [-0.1, -0.05) is 17.8 Å². The molecule has 0 aliphatic carbocycles. The van der Waals surface area contributed by atoms with Crippen molar-refractivity contribution in [3.63, 3.8) is 0 Å². The lowest BCUT2D eigenvalue weighted by molar-refractivity contribution is -0.140. The second kappa shape index (κ2) is 3.42. The minimum atomic E-state index is -0.826. The smallest absolute Gasteiger partial charge is 0.330 e. The van der Waals surface area contributed by atoms with Crippen molar-refractivity contribution in [2.24, 2.45) is 0 Å². The molecule has 0 saturated heterocycles. The molecule has 0 fully saturated rings. The summed E-state index contributed by atoms with van der Waals surface area (Å²) in [5, 5.41) is 11.2. The first-order valence-electron chi connectivity index (χ1n) is 4.93. The number of hydrogen-bond acceptors (Lipinski definition) is 3. The Balaban J connectivity index is 2.13. The van der Waals surface area contributed by atoms with E-state index < -0.39 is 12.0 Å². The molecule has 0 radical (unpaired) electrons. The summed E-state index contributed by atoms with van der Waals surface area (Å²) in [6, 6.07) is -0.592. The van der Waals surface area contributed by atoms with Crippen molar-refractivity contribution in [2.75, 3.05) is 0 Å². The predicted octanol–water partition coefficient (Wildman–Crippen LogP) is 2.24. The third kappa shape index (κ3) is 1.27. The fourth-order valence-electron chi connectivity index (χ4n) is 2.00. The van der Waals surface area contributed by atoms with Gasteiger partial charge in [-0.25, -0.2) is 4.79 Å². The van der Waals surface area contributed by atoms with Crippen LogP contribution in [0.4, 0.5) is 0 Å². The zero-order valence-corrected chi connectivity index (χ0v) is 9.15. The molecule has 3 aliphatic rings. The molecule has 0 amide bonds. The van der Waals surface area contributed by atoms with Gasteiger partial charge >= 0.3 is 5.97 Å². The molecular weight excluding hydrogens is 222 g/mol. The van der Waals surface area contributed by atoms with E-state index in [4.69, 9.17) is 5.11 Å². The highest BCUT2D eigenvalue weighted by Gasteiger charge is 2.31. The van der Waals surface area contributed by atoms with Crippen molar-refractivity contribution in [2.45, 2.75) is 6.04 Å². The van der Waals surface area contributed by atoms with Crippen molar-refractivity contribution in [3.05, 3.63) is 58.2 Å². The summed E-state index contributed by atoms with van der Waals surface area (Å²) >= 11 is 1.62. The van der Waals surface area contributed by atoms with E-state index in [0.29, 0.717) is 0 Å². The SMILES string of the molecule is O=C(O)C1C=CC2=C3C(=CC=CN31)SC=C2. The Kier molecular flexibility index (Phi) is 2.04. The molecule has 0 saturated carbocycles. The summed E-state index contributed by atoms with van der Waals surface area (Å²) < 4.78 is 0. The quantitative estimate of drug-likeness (QED) is 0.751. The highest BCUT2D eigenvalue weighted by Crippen LogP contribution is 2.40. The fraction of sp³-hybridized carbons (Fsp3) is 0.0833. The topological polar surface area (TPSA) is 40.5 Å². The predicted molar refractivity (Wildman–Crippen MR) is 63.4 cm³/mol. The molecular formula is C12H9NO2S. The zero-order chi connectivity index (χ0) is 11.1. The van der Waals surface area contributed by atoms with E-state index in [2.05, 4.69) is 0 Å². The second-order valence-corrected chi connectivity index (χ2v) is 4.59. The standard InChI is InChI=1S/C12H9NO2S/c14-12(15)9-4-3-8-5-7-16-10-2-1-6-13(9)11(8)10/h1-7,9H,(H,14,15). The Morgan fingerprint density at radius 2 is 2.31 bits per heavy atom. The number of carboxylic acid groups (broad SMARTS) is 1. The third-order valence-electron chi connectivity index (χ3n) is 2.71. The molecule has 1 atom stereocenters. The highest BCUT2D eigenvalue weighted by atomic mass is 32.2. The van der Waals surface area contributed by atoms with Crippen LogP contribution < -0.4 is 0 Å². The van der Waals surface area contributed by atoms with E-state index in [1.807, 2.05) is 40.8 Å². The number of allylic oxidation sites excluding steroid dienone is 5. The Bertz CT molecular complexity index is 511. The van der Waals surface area contributed by atoms with Gasteiger partial charge in [-0.15, -0.1) is 0 Å². The molecule has 0 aromatic heterocycles. The summed E-state index contributed by atoms with van der Waals surface area (Å²) in [7, 11) is 0. The van der Waals surface area contributed by atoms with Crippen LogP contribution in [0.25, 0.3) is 0 Å². The Hall–Kier alpha value is -1.68. The Morgan fingerprint density at radius 3 is 3.12 bits per heavy atom. The first-order valence-corrected chi connectivity index (χ1v) is 5.81. The van der Waals surface area contributed by atoms with Crippen molar-refractivity contribution in [3.8, 4) is 0 Å². The third-order valence-corrected chi connectivity index (χ3v) is 3.57. The van der Waals surface area contributed by atoms with Crippen LogP contribution in [0, 0.1) is 0 Å². The Morgan fingerprint density at radius 1 is 1.44 bits per heavy atom. The van der Waals surface area contributed by atoms with Gasteiger partial charge in [0.05, 0.1) is 5.70 Å². The zero-order valence-electron chi connectivity index (χ0n) is 8.33. The van der Waals surface area contributed by atoms with Crippen LogP contribution in [0.1, 0.15) is 0 Å². The lowest BCUT2D eigenvalue weighted by atomic mass is 10.0. The van der Waals surface area contributed by atoms with E-state index in [1.165, 1.54) is 0 Å². The maximum atomic E-state index is 11.1. The van der Waals surface area contributed by atoms with E-state index in [9.17, 15) is 4.79 Å². The molecule has 0 bridgehead atoms. The molecule has 3 aliphatic heterocycles. The summed E-state index contributed by atoms with van der Waals surface area (Å²) in [5.41, 5.74) is 2.08. The second-order valence-electron chi connectivity index (χ2n) is 3.65.